The minimum Gasteiger partial charge on any atom is -0.508 e. The van der Waals surface area contributed by atoms with Crippen LogP contribution in [0.4, 0.5) is 0 Å². The lowest BCUT2D eigenvalue weighted by molar-refractivity contribution is 0.425. The fourth-order valence-electron chi connectivity index (χ4n) is 1.71. The van der Waals surface area contributed by atoms with Gasteiger partial charge in [-0.25, -0.2) is 0 Å². The SMILES string of the molecule is Oc1ccc(SCc2noc(-c3ccc(Cl)cc3)n2)cc1. The first-order chi connectivity index (χ1) is 10.2. The van der Waals surface area contributed by atoms with E-state index in [1.54, 1.807) is 36.0 Å². The molecule has 3 aromatic rings. The number of rotatable bonds is 4. The molecule has 0 atom stereocenters. The van der Waals surface area contributed by atoms with Gasteiger partial charge in [0, 0.05) is 15.5 Å². The zero-order valence-electron chi connectivity index (χ0n) is 10.9. The first-order valence-corrected chi connectivity index (χ1v) is 7.57. The normalized spacial score (nSPS) is 10.7. The van der Waals surface area contributed by atoms with Gasteiger partial charge in [-0.3, -0.25) is 0 Å². The highest BCUT2D eigenvalue weighted by Crippen LogP contribution is 2.25. The van der Waals surface area contributed by atoms with Crippen LogP contribution >= 0.6 is 23.4 Å². The Balaban J connectivity index is 1.67. The number of aromatic nitrogens is 2. The van der Waals surface area contributed by atoms with Crippen molar-refractivity contribution in [1.82, 2.24) is 10.1 Å². The Morgan fingerprint density at radius 2 is 1.76 bits per heavy atom. The van der Waals surface area contributed by atoms with E-state index in [0.717, 1.165) is 10.5 Å². The Bertz CT molecular complexity index is 726. The summed E-state index contributed by atoms with van der Waals surface area (Å²) in [4.78, 5) is 5.38. The maximum Gasteiger partial charge on any atom is 0.257 e. The Morgan fingerprint density at radius 3 is 2.48 bits per heavy atom. The van der Waals surface area contributed by atoms with Crippen molar-refractivity contribution in [2.75, 3.05) is 0 Å². The van der Waals surface area contributed by atoms with Crippen molar-refractivity contribution in [3.8, 4) is 17.2 Å². The summed E-state index contributed by atoms with van der Waals surface area (Å²) in [6, 6.07) is 14.2. The van der Waals surface area contributed by atoms with Gasteiger partial charge in [0.1, 0.15) is 5.75 Å². The number of nitrogens with zero attached hydrogens (tertiary/aromatic N) is 2. The maximum atomic E-state index is 9.23. The van der Waals surface area contributed by atoms with Gasteiger partial charge >= 0.3 is 0 Å². The Labute approximate surface area is 130 Å². The third kappa shape index (κ3) is 3.56. The number of benzene rings is 2. The van der Waals surface area contributed by atoms with Crippen LogP contribution in [0.15, 0.2) is 57.9 Å². The average Bonchev–Trinajstić information content (AvgIpc) is 2.96. The summed E-state index contributed by atoms with van der Waals surface area (Å²) in [5, 5.41) is 13.9. The van der Waals surface area contributed by atoms with Gasteiger partial charge in [0.15, 0.2) is 5.82 Å². The van der Waals surface area contributed by atoms with Crippen LogP contribution in [-0.4, -0.2) is 15.2 Å². The van der Waals surface area contributed by atoms with Gasteiger partial charge < -0.3 is 9.63 Å². The van der Waals surface area contributed by atoms with E-state index in [4.69, 9.17) is 16.1 Å². The lowest BCUT2D eigenvalue weighted by Crippen LogP contribution is -1.84. The van der Waals surface area contributed by atoms with Crippen molar-refractivity contribution >= 4 is 23.4 Å². The minimum absolute atomic E-state index is 0.254. The summed E-state index contributed by atoms with van der Waals surface area (Å²) in [6.45, 7) is 0. The molecule has 1 heterocycles. The van der Waals surface area contributed by atoms with Crippen molar-refractivity contribution in [3.05, 3.63) is 59.4 Å². The lowest BCUT2D eigenvalue weighted by Gasteiger charge is -1.98. The molecule has 0 bridgehead atoms. The number of hydrogen-bond acceptors (Lipinski definition) is 5. The van der Waals surface area contributed by atoms with Crippen molar-refractivity contribution < 1.29 is 9.63 Å². The molecule has 0 aliphatic carbocycles. The van der Waals surface area contributed by atoms with E-state index >= 15 is 0 Å². The molecule has 0 radical (unpaired) electrons. The van der Waals surface area contributed by atoms with Gasteiger partial charge in [-0.2, -0.15) is 4.98 Å². The molecule has 0 aliphatic heterocycles. The minimum atomic E-state index is 0.254. The number of hydrogen-bond donors (Lipinski definition) is 1. The predicted octanol–water partition coefficient (Wildman–Crippen LogP) is 4.39. The molecule has 0 saturated heterocycles. The van der Waals surface area contributed by atoms with Crippen LogP contribution in [0.25, 0.3) is 11.5 Å². The first kappa shape index (κ1) is 14.0. The highest BCUT2D eigenvalue weighted by Gasteiger charge is 2.09. The third-order valence-electron chi connectivity index (χ3n) is 2.76. The molecule has 0 amide bonds. The molecule has 3 rings (SSSR count). The number of halogens is 1. The largest absolute Gasteiger partial charge is 0.508 e. The first-order valence-electron chi connectivity index (χ1n) is 6.21. The van der Waals surface area contributed by atoms with Crippen molar-refractivity contribution in [3.63, 3.8) is 0 Å². The highest BCUT2D eigenvalue weighted by molar-refractivity contribution is 7.98. The fraction of sp³-hybridized carbons (Fsp3) is 0.0667. The van der Waals surface area contributed by atoms with E-state index in [1.165, 1.54) is 0 Å². The van der Waals surface area contributed by atoms with Crippen LogP contribution in [0.2, 0.25) is 5.02 Å². The van der Waals surface area contributed by atoms with Gasteiger partial charge in [-0.05, 0) is 48.5 Å². The van der Waals surface area contributed by atoms with E-state index in [-0.39, 0.29) is 5.75 Å². The van der Waals surface area contributed by atoms with E-state index < -0.39 is 0 Å². The molecule has 0 fully saturated rings. The van der Waals surface area contributed by atoms with Crippen LogP contribution in [0.3, 0.4) is 0 Å². The molecule has 0 spiro atoms. The van der Waals surface area contributed by atoms with Gasteiger partial charge in [-0.1, -0.05) is 16.8 Å². The second-order valence-corrected chi connectivity index (χ2v) is 5.79. The van der Waals surface area contributed by atoms with E-state index in [1.807, 2.05) is 24.3 Å². The number of phenolic OH excluding ortho intramolecular Hbond substituents is 1. The quantitative estimate of drug-likeness (QED) is 0.723. The highest BCUT2D eigenvalue weighted by atomic mass is 35.5. The summed E-state index contributed by atoms with van der Waals surface area (Å²) in [6.07, 6.45) is 0. The summed E-state index contributed by atoms with van der Waals surface area (Å²) in [7, 11) is 0. The van der Waals surface area contributed by atoms with E-state index in [0.29, 0.717) is 22.5 Å². The molecular weight excluding hydrogens is 308 g/mol. The number of aromatic hydroxyl groups is 1. The van der Waals surface area contributed by atoms with Crippen molar-refractivity contribution in [1.29, 1.82) is 0 Å². The van der Waals surface area contributed by atoms with Gasteiger partial charge in [-0.15, -0.1) is 11.8 Å². The summed E-state index contributed by atoms with van der Waals surface area (Å²) in [5.41, 5.74) is 0.841. The predicted molar refractivity (Wildman–Crippen MR) is 82.4 cm³/mol. The molecule has 21 heavy (non-hydrogen) atoms. The molecule has 106 valence electrons. The van der Waals surface area contributed by atoms with Gasteiger partial charge in [0.25, 0.3) is 5.89 Å². The molecule has 0 unspecified atom stereocenters. The number of phenols is 1. The monoisotopic (exact) mass is 318 g/mol. The van der Waals surface area contributed by atoms with Crippen molar-refractivity contribution in [2.24, 2.45) is 0 Å². The third-order valence-corrected chi connectivity index (χ3v) is 4.02. The molecule has 0 aliphatic rings. The topological polar surface area (TPSA) is 59.2 Å². The van der Waals surface area contributed by atoms with Crippen LogP contribution < -0.4 is 0 Å². The summed E-state index contributed by atoms with van der Waals surface area (Å²) in [5.74, 6) is 1.96. The molecular formula is C15H11ClN2O2S. The Kier molecular flexibility index (Phi) is 4.13. The summed E-state index contributed by atoms with van der Waals surface area (Å²) >= 11 is 7.42. The molecule has 1 aromatic heterocycles. The van der Waals surface area contributed by atoms with E-state index in [2.05, 4.69) is 10.1 Å². The average molecular weight is 319 g/mol. The fourth-order valence-corrected chi connectivity index (χ4v) is 2.58. The molecule has 2 aromatic carbocycles. The second-order valence-electron chi connectivity index (χ2n) is 4.31. The van der Waals surface area contributed by atoms with Gasteiger partial charge in [0.05, 0.1) is 5.75 Å². The van der Waals surface area contributed by atoms with E-state index in [9.17, 15) is 5.11 Å². The molecule has 4 nitrogen and oxygen atoms in total. The molecule has 0 saturated carbocycles. The van der Waals surface area contributed by atoms with Crippen LogP contribution in [0.1, 0.15) is 5.82 Å². The van der Waals surface area contributed by atoms with Crippen LogP contribution in [0, 0.1) is 0 Å². The van der Waals surface area contributed by atoms with Crippen LogP contribution in [0.5, 0.6) is 5.75 Å². The lowest BCUT2D eigenvalue weighted by atomic mass is 10.2. The Morgan fingerprint density at radius 1 is 1.05 bits per heavy atom. The zero-order chi connectivity index (χ0) is 14.7. The maximum absolute atomic E-state index is 9.23. The Hall–Kier alpha value is -1.98. The van der Waals surface area contributed by atoms with Gasteiger partial charge in [0.2, 0.25) is 0 Å². The zero-order valence-corrected chi connectivity index (χ0v) is 12.4. The second kappa shape index (κ2) is 6.20. The molecule has 1 N–H and O–H groups in total. The number of thioether (sulfide) groups is 1. The standard InChI is InChI=1S/C15H11ClN2O2S/c16-11-3-1-10(2-4-11)15-17-14(18-20-15)9-21-13-7-5-12(19)6-8-13/h1-8,19H,9H2. The smallest absolute Gasteiger partial charge is 0.257 e. The van der Waals surface area contributed by atoms with Crippen LogP contribution in [-0.2, 0) is 5.75 Å². The molecule has 6 heteroatoms. The summed E-state index contributed by atoms with van der Waals surface area (Å²) < 4.78 is 5.24. The van der Waals surface area contributed by atoms with Crippen molar-refractivity contribution in [2.45, 2.75) is 10.6 Å².